The number of carbonyl (C=O) groups excluding carboxylic acids is 1. The summed E-state index contributed by atoms with van der Waals surface area (Å²) < 4.78 is 0. The second kappa shape index (κ2) is 4.28. The van der Waals surface area contributed by atoms with Crippen LogP contribution in [0.5, 0.6) is 0 Å². The van der Waals surface area contributed by atoms with Crippen LogP contribution in [0.4, 0.5) is 0 Å². The Kier molecular flexibility index (Phi) is 2.83. The van der Waals surface area contributed by atoms with Crippen LogP contribution in [-0.2, 0) is 4.79 Å². The minimum atomic E-state index is -0.234. The van der Waals surface area contributed by atoms with Crippen molar-refractivity contribution in [3.8, 4) is 0 Å². The third kappa shape index (κ3) is 1.92. The molecule has 78 valence electrons. The summed E-state index contributed by atoms with van der Waals surface area (Å²) in [5.74, 6) is 0. The number of hydrogen-bond donors (Lipinski definition) is 2. The first kappa shape index (κ1) is 9.93. The topological polar surface area (TPSA) is 44.9 Å². The summed E-state index contributed by atoms with van der Waals surface area (Å²) in [6.45, 7) is 2.76. The maximum absolute atomic E-state index is 10.9. The van der Waals surface area contributed by atoms with E-state index in [-0.39, 0.29) is 6.04 Å². The van der Waals surface area contributed by atoms with E-state index in [0.717, 1.165) is 29.4 Å². The third-order valence-corrected chi connectivity index (χ3v) is 2.45. The van der Waals surface area contributed by atoms with Crippen LogP contribution in [0, 0.1) is 0 Å². The normalized spacial score (nSPS) is 12.9. The Morgan fingerprint density at radius 3 is 2.93 bits per heavy atom. The van der Waals surface area contributed by atoms with Crippen LogP contribution in [0.25, 0.3) is 10.9 Å². The second-order valence-electron chi connectivity index (χ2n) is 3.48. The Hall–Kier alpha value is -1.61. The maximum atomic E-state index is 10.9. The molecule has 15 heavy (non-hydrogen) atoms. The van der Waals surface area contributed by atoms with Gasteiger partial charge in [0.1, 0.15) is 12.3 Å². The SMILES string of the molecule is CCNC(C=O)c1cc2ccccc2[nH]1. The molecular formula is C12H14N2O. The van der Waals surface area contributed by atoms with E-state index in [9.17, 15) is 4.79 Å². The molecule has 0 amide bonds. The zero-order valence-corrected chi connectivity index (χ0v) is 8.66. The maximum Gasteiger partial charge on any atom is 0.142 e. The number of aldehydes is 1. The first-order chi connectivity index (χ1) is 7.35. The van der Waals surface area contributed by atoms with Crippen molar-refractivity contribution in [2.45, 2.75) is 13.0 Å². The molecule has 1 aromatic carbocycles. The Balaban J connectivity index is 2.38. The largest absolute Gasteiger partial charge is 0.357 e. The Morgan fingerprint density at radius 1 is 1.47 bits per heavy atom. The van der Waals surface area contributed by atoms with Crippen molar-refractivity contribution >= 4 is 17.2 Å². The molecule has 0 aliphatic rings. The number of para-hydroxylation sites is 1. The molecule has 0 aliphatic heterocycles. The van der Waals surface area contributed by atoms with Crippen LogP contribution in [-0.4, -0.2) is 17.8 Å². The lowest BCUT2D eigenvalue weighted by Gasteiger charge is -2.07. The smallest absolute Gasteiger partial charge is 0.142 e. The highest BCUT2D eigenvalue weighted by Crippen LogP contribution is 2.18. The fraction of sp³-hybridized carbons (Fsp3) is 0.250. The first-order valence-electron chi connectivity index (χ1n) is 5.11. The number of carbonyl (C=O) groups is 1. The van der Waals surface area contributed by atoms with Gasteiger partial charge in [0.25, 0.3) is 0 Å². The van der Waals surface area contributed by atoms with Gasteiger partial charge in [-0.2, -0.15) is 0 Å². The van der Waals surface area contributed by atoms with E-state index in [1.165, 1.54) is 0 Å². The molecule has 0 aliphatic carbocycles. The van der Waals surface area contributed by atoms with Gasteiger partial charge in [-0.05, 0) is 24.1 Å². The van der Waals surface area contributed by atoms with Gasteiger partial charge < -0.3 is 15.1 Å². The van der Waals surface area contributed by atoms with Crippen LogP contribution >= 0.6 is 0 Å². The van der Waals surface area contributed by atoms with Crippen molar-refractivity contribution in [1.29, 1.82) is 0 Å². The van der Waals surface area contributed by atoms with Crippen molar-refractivity contribution in [2.24, 2.45) is 0 Å². The van der Waals surface area contributed by atoms with Gasteiger partial charge in [-0.3, -0.25) is 0 Å². The van der Waals surface area contributed by atoms with Gasteiger partial charge >= 0.3 is 0 Å². The molecule has 2 rings (SSSR count). The van der Waals surface area contributed by atoms with Crippen molar-refractivity contribution in [3.05, 3.63) is 36.0 Å². The van der Waals surface area contributed by atoms with Gasteiger partial charge in [0.2, 0.25) is 0 Å². The standard InChI is InChI=1S/C12H14N2O/c1-2-13-12(8-15)11-7-9-5-3-4-6-10(9)14-11/h3-8,12-14H,2H2,1H3. The highest BCUT2D eigenvalue weighted by atomic mass is 16.1. The molecule has 1 atom stereocenters. The lowest BCUT2D eigenvalue weighted by atomic mass is 10.2. The quantitative estimate of drug-likeness (QED) is 0.745. The predicted molar refractivity (Wildman–Crippen MR) is 60.8 cm³/mol. The lowest BCUT2D eigenvalue weighted by molar-refractivity contribution is -0.109. The molecule has 3 heteroatoms. The minimum Gasteiger partial charge on any atom is -0.357 e. The number of nitrogens with one attached hydrogen (secondary N) is 2. The first-order valence-corrected chi connectivity index (χ1v) is 5.11. The van der Waals surface area contributed by atoms with E-state index in [2.05, 4.69) is 10.3 Å². The summed E-state index contributed by atoms with van der Waals surface area (Å²) >= 11 is 0. The molecule has 2 aromatic rings. The summed E-state index contributed by atoms with van der Waals surface area (Å²) in [7, 11) is 0. The number of rotatable bonds is 4. The van der Waals surface area contributed by atoms with Gasteiger partial charge in [0.05, 0.1) is 0 Å². The summed E-state index contributed by atoms with van der Waals surface area (Å²) in [6, 6.07) is 9.78. The van der Waals surface area contributed by atoms with Crippen LogP contribution in [0.15, 0.2) is 30.3 Å². The molecule has 1 unspecified atom stereocenters. The van der Waals surface area contributed by atoms with E-state index >= 15 is 0 Å². The van der Waals surface area contributed by atoms with Crippen LogP contribution in [0.1, 0.15) is 18.7 Å². The number of fused-ring (bicyclic) bond motifs is 1. The fourth-order valence-electron chi connectivity index (χ4n) is 1.71. The van der Waals surface area contributed by atoms with Gasteiger partial charge in [-0.1, -0.05) is 25.1 Å². The zero-order valence-electron chi connectivity index (χ0n) is 8.66. The Bertz CT molecular complexity index is 428. The van der Waals surface area contributed by atoms with Crippen molar-refractivity contribution in [1.82, 2.24) is 10.3 Å². The molecule has 0 saturated carbocycles. The van der Waals surface area contributed by atoms with Crippen LogP contribution in [0.2, 0.25) is 0 Å². The highest BCUT2D eigenvalue weighted by Gasteiger charge is 2.10. The van der Waals surface area contributed by atoms with E-state index in [0.29, 0.717) is 0 Å². The summed E-state index contributed by atoms with van der Waals surface area (Å²) in [6.07, 6.45) is 0.925. The number of aromatic nitrogens is 1. The van der Waals surface area contributed by atoms with Crippen LogP contribution < -0.4 is 5.32 Å². The summed E-state index contributed by atoms with van der Waals surface area (Å²) in [5, 5.41) is 4.25. The Labute approximate surface area is 88.5 Å². The number of H-pyrrole nitrogens is 1. The second-order valence-corrected chi connectivity index (χ2v) is 3.48. The highest BCUT2D eigenvalue weighted by molar-refractivity contribution is 5.81. The summed E-state index contributed by atoms with van der Waals surface area (Å²) in [4.78, 5) is 14.1. The molecule has 2 N–H and O–H groups in total. The van der Waals surface area contributed by atoms with Gasteiger partial charge in [0.15, 0.2) is 0 Å². The van der Waals surface area contributed by atoms with Crippen molar-refractivity contribution < 1.29 is 4.79 Å². The number of hydrogen-bond acceptors (Lipinski definition) is 2. The molecule has 1 aromatic heterocycles. The molecule has 3 nitrogen and oxygen atoms in total. The average molecular weight is 202 g/mol. The molecule has 0 bridgehead atoms. The van der Waals surface area contributed by atoms with E-state index in [4.69, 9.17) is 0 Å². The monoisotopic (exact) mass is 202 g/mol. The number of likely N-dealkylation sites (N-methyl/N-ethyl adjacent to an activating group) is 1. The minimum absolute atomic E-state index is 0.234. The zero-order chi connectivity index (χ0) is 10.7. The van der Waals surface area contributed by atoms with Crippen molar-refractivity contribution in [2.75, 3.05) is 6.54 Å². The molecule has 1 heterocycles. The molecule has 0 fully saturated rings. The Morgan fingerprint density at radius 2 is 2.27 bits per heavy atom. The molecular weight excluding hydrogens is 188 g/mol. The third-order valence-electron chi connectivity index (χ3n) is 2.45. The van der Waals surface area contributed by atoms with Gasteiger partial charge in [-0.25, -0.2) is 0 Å². The van der Waals surface area contributed by atoms with E-state index in [1.54, 1.807) is 0 Å². The number of aromatic amines is 1. The summed E-state index contributed by atoms with van der Waals surface area (Å²) in [5.41, 5.74) is 1.99. The fourth-order valence-corrected chi connectivity index (χ4v) is 1.71. The van der Waals surface area contributed by atoms with Crippen molar-refractivity contribution in [3.63, 3.8) is 0 Å². The average Bonchev–Trinajstić information content (AvgIpc) is 2.69. The van der Waals surface area contributed by atoms with E-state index in [1.807, 2.05) is 37.3 Å². The predicted octanol–water partition coefficient (Wildman–Crippen LogP) is 2.02. The molecule has 0 spiro atoms. The van der Waals surface area contributed by atoms with Crippen LogP contribution in [0.3, 0.4) is 0 Å². The van der Waals surface area contributed by atoms with E-state index < -0.39 is 0 Å². The molecule has 0 radical (unpaired) electrons. The number of benzene rings is 1. The lowest BCUT2D eigenvalue weighted by Crippen LogP contribution is -2.22. The molecule has 0 saturated heterocycles. The van der Waals surface area contributed by atoms with Gasteiger partial charge in [0, 0.05) is 11.2 Å². The van der Waals surface area contributed by atoms with Gasteiger partial charge in [-0.15, -0.1) is 0 Å².